The van der Waals surface area contributed by atoms with Crippen molar-refractivity contribution < 1.29 is 22.7 Å². The Kier molecular flexibility index (Phi) is 10.6. The summed E-state index contributed by atoms with van der Waals surface area (Å²) < 4.78 is 33.7. The Bertz CT molecular complexity index is 1390. The quantitative estimate of drug-likeness (QED) is 0.314. The number of sulfonamides is 1. The lowest BCUT2D eigenvalue weighted by molar-refractivity contribution is -0.139. The van der Waals surface area contributed by atoms with Crippen molar-refractivity contribution in [3.8, 4) is 5.75 Å². The van der Waals surface area contributed by atoms with Gasteiger partial charge in [0.1, 0.15) is 18.3 Å². The summed E-state index contributed by atoms with van der Waals surface area (Å²) >= 11 is 12.3. The average Bonchev–Trinajstić information content (AvgIpc) is 2.95. The van der Waals surface area contributed by atoms with Gasteiger partial charge in [0.15, 0.2) is 0 Å². The molecule has 0 saturated carbocycles. The Morgan fingerprint density at radius 1 is 0.974 bits per heavy atom. The van der Waals surface area contributed by atoms with E-state index in [9.17, 15) is 18.0 Å². The Labute approximate surface area is 239 Å². The van der Waals surface area contributed by atoms with Crippen LogP contribution in [0.5, 0.6) is 5.75 Å². The third-order valence-electron chi connectivity index (χ3n) is 6.03. The van der Waals surface area contributed by atoms with Crippen molar-refractivity contribution in [2.45, 2.75) is 37.8 Å². The minimum atomic E-state index is -4.19. The molecule has 3 aromatic carbocycles. The Hall–Kier alpha value is -3.27. The van der Waals surface area contributed by atoms with Crippen molar-refractivity contribution in [1.82, 2.24) is 10.2 Å². The molecule has 0 aliphatic heterocycles. The first kappa shape index (κ1) is 30.3. The lowest BCUT2D eigenvalue weighted by Crippen LogP contribution is -2.51. The third-order valence-corrected chi connectivity index (χ3v) is 8.56. The van der Waals surface area contributed by atoms with E-state index in [-0.39, 0.29) is 33.1 Å². The summed E-state index contributed by atoms with van der Waals surface area (Å²) in [5.74, 6) is -0.272. The number of nitrogens with zero attached hydrogens (tertiary/aromatic N) is 2. The van der Waals surface area contributed by atoms with Crippen molar-refractivity contribution in [1.29, 1.82) is 0 Å². The molecule has 2 amide bonds. The fourth-order valence-electron chi connectivity index (χ4n) is 3.79. The van der Waals surface area contributed by atoms with Crippen molar-refractivity contribution >= 4 is 50.7 Å². The van der Waals surface area contributed by atoms with Crippen LogP contribution < -0.4 is 14.4 Å². The highest BCUT2D eigenvalue weighted by molar-refractivity contribution is 7.92. The zero-order valence-electron chi connectivity index (χ0n) is 21.9. The number of nitrogens with one attached hydrogen (secondary N) is 1. The Morgan fingerprint density at radius 2 is 1.64 bits per heavy atom. The fourth-order valence-corrected chi connectivity index (χ4v) is 5.51. The van der Waals surface area contributed by atoms with E-state index in [2.05, 4.69) is 5.32 Å². The van der Waals surface area contributed by atoms with Crippen LogP contribution in [0.4, 0.5) is 5.69 Å². The summed E-state index contributed by atoms with van der Waals surface area (Å²) in [4.78, 5) is 28.1. The number of anilines is 1. The molecule has 208 valence electrons. The second-order valence-electron chi connectivity index (χ2n) is 8.76. The van der Waals surface area contributed by atoms with Crippen LogP contribution in [0.25, 0.3) is 0 Å². The molecule has 1 atom stereocenters. The van der Waals surface area contributed by atoms with Gasteiger partial charge in [0.05, 0.1) is 27.7 Å². The maximum absolute atomic E-state index is 13.9. The highest BCUT2D eigenvalue weighted by Gasteiger charge is 2.32. The van der Waals surface area contributed by atoms with Gasteiger partial charge >= 0.3 is 0 Å². The van der Waals surface area contributed by atoms with Gasteiger partial charge in [0, 0.05) is 13.1 Å². The first-order chi connectivity index (χ1) is 18.6. The molecule has 0 aromatic heterocycles. The molecular weight excluding hydrogens is 561 g/mol. The molecule has 0 heterocycles. The maximum atomic E-state index is 13.9. The van der Waals surface area contributed by atoms with Crippen LogP contribution in [-0.4, -0.2) is 51.4 Å². The number of methoxy groups -OCH3 is 1. The van der Waals surface area contributed by atoms with Gasteiger partial charge in [-0.15, -0.1) is 0 Å². The van der Waals surface area contributed by atoms with E-state index in [1.807, 2.05) is 6.92 Å². The second-order valence-corrected chi connectivity index (χ2v) is 11.4. The van der Waals surface area contributed by atoms with Crippen LogP contribution >= 0.6 is 23.2 Å². The molecule has 0 bridgehead atoms. The van der Waals surface area contributed by atoms with Gasteiger partial charge in [-0.25, -0.2) is 8.42 Å². The molecule has 3 aromatic rings. The summed E-state index contributed by atoms with van der Waals surface area (Å²) in [7, 11) is -2.64. The standard InChI is InChI=1S/C28H31Cl2N3O5S/c1-4-16-31-28(35)20(2)32(18-21-10-13-23(38-3)14-11-21)27(34)19-33(22-12-15-25(29)26(30)17-22)39(36,37)24-8-6-5-7-9-24/h5-15,17,20H,4,16,18-19H2,1-3H3,(H,31,35). The lowest BCUT2D eigenvalue weighted by Gasteiger charge is -2.32. The summed E-state index contributed by atoms with van der Waals surface area (Å²) in [6, 6.07) is 18.3. The van der Waals surface area contributed by atoms with E-state index in [0.29, 0.717) is 12.3 Å². The van der Waals surface area contributed by atoms with Crippen molar-refractivity contribution in [3.05, 3.63) is 88.4 Å². The number of carbonyl (C=O) groups excluding carboxylic acids is 2. The minimum absolute atomic E-state index is 0.000635. The maximum Gasteiger partial charge on any atom is 0.264 e. The average molecular weight is 593 g/mol. The topological polar surface area (TPSA) is 96.0 Å². The van der Waals surface area contributed by atoms with Crippen LogP contribution in [0, 0.1) is 0 Å². The summed E-state index contributed by atoms with van der Waals surface area (Å²) in [5, 5.41) is 3.19. The minimum Gasteiger partial charge on any atom is -0.497 e. The molecule has 0 saturated heterocycles. The normalized spacial score (nSPS) is 11.9. The molecule has 1 unspecified atom stereocenters. The largest absolute Gasteiger partial charge is 0.497 e. The van der Waals surface area contributed by atoms with Gasteiger partial charge in [-0.3, -0.25) is 13.9 Å². The molecule has 39 heavy (non-hydrogen) atoms. The van der Waals surface area contributed by atoms with Crippen LogP contribution in [0.15, 0.2) is 77.7 Å². The number of amides is 2. The summed E-state index contributed by atoms with van der Waals surface area (Å²) in [6.45, 7) is 3.49. The van der Waals surface area contributed by atoms with E-state index in [1.165, 1.54) is 35.2 Å². The van der Waals surface area contributed by atoms with Gasteiger partial charge in [-0.05, 0) is 61.4 Å². The van der Waals surface area contributed by atoms with Crippen LogP contribution in [0.3, 0.4) is 0 Å². The van der Waals surface area contributed by atoms with E-state index < -0.39 is 28.5 Å². The van der Waals surface area contributed by atoms with Crippen molar-refractivity contribution in [2.75, 3.05) is 24.5 Å². The monoisotopic (exact) mass is 591 g/mol. The predicted octanol–water partition coefficient (Wildman–Crippen LogP) is 5.14. The molecule has 0 aliphatic rings. The number of halogens is 2. The predicted molar refractivity (Wildman–Crippen MR) is 154 cm³/mol. The number of hydrogen-bond acceptors (Lipinski definition) is 5. The molecule has 8 nitrogen and oxygen atoms in total. The van der Waals surface area contributed by atoms with Gasteiger partial charge < -0.3 is 15.0 Å². The number of hydrogen-bond donors (Lipinski definition) is 1. The Morgan fingerprint density at radius 3 is 2.23 bits per heavy atom. The highest BCUT2D eigenvalue weighted by Crippen LogP contribution is 2.31. The lowest BCUT2D eigenvalue weighted by atomic mass is 10.1. The molecule has 11 heteroatoms. The van der Waals surface area contributed by atoms with Gasteiger partial charge in [-0.2, -0.15) is 0 Å². The molecule has 3 rings (SSSR count). The number of carbonyl (C=O) groups is 2. The SMILES string of the molecule is CCCNC(=O)C(C)N(Cc1ccc(OC)cc1)C(=O)CN(c1ccc(Cl)c(Cl)c1)S(=O)(=O)c1ccccc1. The van der Waals surface area contributed by atoms with Crippen LogP contribution in [-0.2, 0) is 26.2 Å². The zero-order chi connectivity index (χ0) is 28.6. The summed E-state index contributed by atoms with van der Waals surface area (Å²) in [5.41, 5.74) is 0.903. The molecule has 0 radical (unpaired) electrons. The fraction of sp³-hybridized carbons (Fsp3) is 0.286. The van der Waals surface area contributed by atoms with Crippen LogP contribution in [0.1, 0.15) is 25.8 Å². The zero-order valence-corrected chi connectivity index (χ0v) is 24.3. The van der Waals surface area contributed by atoms with Crippen LogP contribution in [0.2, 0.25) is 10.0 Å². The number of benzene rings is 3. The molecular formula is C28H31Cl2N3O5S. The van der Waals surface area contributed by atoms with Crippen molar-refractivity contribution in [2.24, 2.45) is 0 Å². The van der Waals surface area contributed by atoms with Crippen molar-refractivity contribution in [3.63, 3.8) is 0 Å². The Balaban J connectivity index is 2.02. The molecule has 0 spiro atoms. The highest BCUT2D eigenvalue weighted by atomic mass is 35.5. The number of rotatable bonds is 12. The molecule has 1 N–H and O–H groups in total. The smallest absolute Gasteiger partial charge is 0.264 e. The molecule has 0 fully saturated rings. The van der Waals surface area contributed by atoms with Gasteiger partial charge in [-0.1, -0.05) is 60.5 Å². The summed E-state index contributed by atoms with van der Waals surface area (Å²) in [6.07, 6.45) is 0.727. The van der Waals surface area contributed by atoms with E-state index in [1.54, 1.807) is 56.5 Å². The van der Waals surface area contributed by atoms with E-state index in [0.717, 1.165) is 16.3 Å². The number of ether oxygens (including phenoxy) is 1. The third kappa shape index (κ3) is 7.65. The first-order valence-electron chi connectivity index (χ1n) is 12.3. The van der Waals surface area contributed by atoms with Gasteiger partial charge in [0.25, 0.3) is 10.0 Å². The molecule has 0 aliphatic carbocycles. The van der Waals surface area contributed by atoms with E-state index in [4.69, 9.17) is 27.9 Å². The van der Waals surface area contributed by atoms with Gasteiger partial charge in [0.2, 0.25) is 11.8 Å². The van der Waals surface area contributed by atoms with E-state index >= 15 is 0 Å². The second kappa shape index (κ2) is 13.7. The first-order valence-corrected chi connectivity index (χ1v) is 14.5.